The number of amides is 1. The van der Waals surface area contributed by atoms with Gasteiger partial charge in [-0.15, -0.1) is 0 Å². The fourth-order valence-corrected chi connectivity index (χ4v) is 3.46. The second-order valence-electron chi connectivity index (χ2n) is 7.07. The number of carbonyl (C=O) groups excluding carboxylic acids is 2. The van der Waals surface area contributed by atoms with E-state index in [9.17, 15) is 9.59 Å². The van der Waals surface area contributed by atoms with E-state index in [4.69, 9.17) is 4.74 Å². The van der Waals surface area contributed by atoms with Crippen LogP contribution in [0.1, 0.15) is 42.6 Å². The summed E-state index contributed by atoms with van der Waals surface area (Å²) in [6, 6.07) is 9.84. The van der Waals surface area contributed by atoms with Crippen LogP contribution in [0.4, 0.5) is 0 Å². The number of carbonyl (C=O) groups is 2. The van der Waals surface area contributed by atoms with Crippen LogP contribution in [0.15, 0.2) is 36.4 Å². The molecule has 28 heavy (non-hydrogen) atoms. The van der Waals surface area contributed by atoms with Crippen molar-refractivity contribution in [2.45, 2.75) is 39.5 Å². The molecule has 2 aromatic rings. The number of esters is 1. The summed E-state index contributed by atoms with van der Waals surface area (Å²) in [6.45, 7) is 5.16. The number of aromatic nitrogens is 2. The Bertz CT molecular complexity index is 847. The van der Waals surface area contributed by atoms with Gasteiger partial charge >= 0.3 is 5.97 Å². The summed E-state index contributed by atoms with van der Waals surface area (Å²) in [5, 5.41) is 4.56. The van der Waals surface area contributed by atoms with Crippen molar-refractivity contribution in [2.75, 3.05) is 19.7 Å². The molecule has 0 N–H and O–H groups in total. The van der Waals surface area contributed by atoms with Gasteiger partial charge in [0.1, 0.15) is 0 Å². The van der Waals surface area contributed by atoms with Crippen molar-refractivity contribution < 1.29 is 14.3 Å². The molecule has 1 fully saturated rings. The van der Waals surface area contributed by atoms with Gasteiger partial charge in [-0.2, -0.15) is 5.10 Å². The molecule has 0 radical (unpaired) electrons. The van der Waals surface area contributed by atoms with Crippen molar-refractivity contribution >= 4 is 18.0 Å². The fourth-order valence-electron chi connectivity index (χ4n) is 3.46. The third-order valence-electron chi connectivity index (χ3n) is 5.03. The molecule has 0 saturated carbocycles. The molecular weight excluding hydrogens is 354 g/mol. The Morgan fingerprint density at radius 2 is 1.75 bits per heavy atom. The molecular formula is C22H27N3O3. The number of hydrogen-bond donors (Lipinski definition) is 0. The lowest BCUT2D eigenvalue weighted by Crippen LogP contribution is -2.35. The lowest BCUT2D eigenvalue weighted by atomic mass is 10.2. The molecule has 0 atom stereocenters. The molecule has 1 amide bonds. The van der Waals surface area contributed by atoms with Crippen molar-refractivity contribution in [1.82, 2.24) is 14.7 Å². The molecule has 1 aromatic heterocycles. The highest BCUT2D eigenvalue weighted by atomic mass is 16.5. The number of benzene rings is 1. The first-order valence-electron chi connectivity index (χ1n) is 9.80. The predicted molar refractivity (Wildman–Crippen MR) is 108 cm³/mol. The Morgan fingerprint density at radius 1 is 1.07 bits per heavy atom. The van der Waals surface area contributed by atoms with Gasteiger partial charge in [0.2, 0.25) is 0 Å². The highest BCUT2D eigenvalue weighted by Crippen LogP contribution is 2.19. The summed E-state index contributed by atoms with van der Waals surface area (Å²) in [4.78, 5) is 26.1. The molecule has 1 saturated heterocycles. The van der Waals surface area contributed by atoms with Crippen LogP contribution in [0.3, 0.4) is 0 Å². The molecule has 1 aliphatic heterocycles. The van der Waals surface area contributed by atoms with Gasteiger partial charge in [-0.25, -0.2) is 9.48 Å². The highest BCUT2D eigenvalue weighted by Gasteiger charge is 2.17. The molecule has 1 aromatic carbocycles. The van der Waals surface area contributed by atoms with Crippen LogP contribution in [0.5, 0.6) is 0 Å². The molecule has 0 spiro atoms. The summed E-state index contributed by atoms with van der Waals surface area (Å²) in [5.74, 6) is -0.637. The van der Waals surface area contributed by atoms with Crippen LogP contribution in [0, 0.1) is 13.8 Å². The van der Waals surface area contributed by atoms with E-state index in [-0.39, 0.29) is 12.5 Å². The van der Waals surface area contributed by atoms with Crippen molar-refractivity contribution in [3.05, 3.63) is 53.4 Å². The van der Waals surface area contributed by atoms with E-state index >= 15 is 0 Å². The number of ether oxygens (including phenoxy) is 1. The Morgan fingerprint density at radius 3 is 2.43 bits per heavy atom. The maximum absolute atomic E-state index is 12.2. The van der Waals surface area contributed by atoms with Crippen molar-refractivity contribution in [1.29, 1.82) is 0 Å². The van der Waals surface area contributed by atoms with E-state index in [1.807, 2.05) is 48.9 Å². The van der Waals surface area contributed by atoms with Crippen LogP contribution in [-0.2, 0) is 14.3 Å². The number of para-hydroxylation sites is 1. The van der Waals surface area contributed by atoms with E-state index in [1.165, 1.54) is 6.08 Å². The van der Waals surface area contributed by atoms with Gasteiger partial charge in [-0.3, -0.25) is 4.79 Å². The average molecular weight is 381 g/mol. The van der Waals surface area contributed by atoms with Gasteiger partial charge in [0.05, 0.1) is 11.4 Å². The van der Waals surface area contributed by atoms with E-state index in [0.29, 0.717) is 0 Å². The zero-order valence-corrected chi connectivity index (χ0v) is 16.6. The maximum atomic E-state index is 12.2. The molecule has 3 rings (SSSR count). The van der Waals surface area contributed by atoms with E-state index in [1.54, 1.807) is 11.0 Å². The van der Waals surface area contributed by atoms with E-state index in [0.717, 1.165) is 61.4 Å². The van der Waals surface area contributed by atoms with E-state index in [2.05, 4.69) is 5.10 Å². The predicted octanol–water partition coefficient (Wildman–Crippen LogP) is 3.45. The van der Waals surface area contributed by atoms with Crippen molar-refractivity contribution in [2.24, 2.45) is 0 Å². The SMILES string of the molecule is Cc1nn(-c2ccccc2)c(C)c1/C=C/C(=O)OCC(=O)N1CCCCCC1. The summed E-state index contributed by atoms with van der Waals surface area (Å²) < 4.78 is 7.00. The van der Waals surface area contributed by atoms with Gasteiger partial charge in [-0.1, -0.05) is 31.0 Å². The second kappa shape index (κ2) is 9.35. The molecule has 1 aliphatic rings. The van der Waals surface area contributed by atoms with Crippen LogP contribution in [0.2, 0.25) is 0 Å². The zero-order valence-electron chi connectivity index (χ0n) is 16.6. The Balaban J connectivity index is 1.60. The molecule has 2 heterocycles. The topological polar surface area (TPSA) is 64.4 Å². The van der Waals surface area contributed by atoms with Crippen molar-refractivity contribution in [3.63, 3.8) is 0 Å². The summed E-state index contributed by atoms with van der Waals surface area (Å²) >= 11 is 0. The normalized spacial score (nSPS) is 14.9. The molecule has 0 aliphatic carbocycles. The zero-order chi connectivity index (χ0) is 19.9. The second-order valence-corrected chi connectivity index (χ2v) is 7.07. The third-order valence-corrected chi connectivity index (χ3v) is 5.03. The minimum atomic E-state index is -0.519. The monoisotopic (exact) mass is 381 g/mol. The van der Waals surface area contributed by atoms with Crippen LogP contribution >= 0.6 is 0 Å². The van der Waals surface area contributed by atoms with Crippen LogP contribution in [0.25, 0.3) is 11.8 Å². The minimum Gasteiger partial charge on any atom is -0.452 e. The number of aryl methyl sites for hydroxylation is 1. The number of likely N-dealkylation sites (tertiary alicyclic amines) is 1. The average Bonchev–Trinajstić information content (AvgIpc) is 2.89. The smallest absolute Gasteiger partial charge is 0.331 e. The van der Waals surface area contributed by atoms with Gasteiger partial charge in [0, 0.05) is 30.4 Å². The minimum absolute atomic E-state index is 0.118. The molecule has 0 bridgehead atoms. The van der Waals surface area contributed by atoms with Gasteiger partial charge in [0.15, 0.2) is 6.61 Å². The molecule has 148 valence electrons. The first-order chi connectivity index (χ1) is 13.6. The molecule has 0 unspecified atom stereocenters. The Labute approximate surface area is 165 Å². The summed E-state index contributed by atoms with van der Waals surface area (Å²) in [7, 11) is 0. The largest absolute Gasteiger partial charge is 0.452 e. The fraction of sp³-hybridized carbons (Fsp3) is 0.409. The highest BCUT2D eigenvalue weighted by molar-refractivity contribution is 5.89. The third kappa shape index (κ3) is 4.88. The molecule has 6 nitrogen and oxygen atoms in total. The number of hydrogen-bond acceptors (Lipinski definition) is 4. The van der Waals surface area contributed by atoms with Gasteiger partial charge in [-0.05, 0) is 44.9 Å². The van der Waals surface area contributed by atoms with Crippen LogP contribution < -0.4 is 0 Å². The summed E-state index contributed by atoms with van der Waals surface area (Å²) in [6.07, 6.45) is 7.41. The first kappa shape index (κ1) is 19.9. The Kier molecular flexibility index (Phi) is 6.63. The van der Waals surface area contributed by atoms with Gasteiger partial charge < -0.3 is 9.64 Å². The van der Waals surface area contributed by atoms with Gasteiger partial charge in [0.25, 0.3) is 5.91 Å². The summed E-state index contributed by atoms with van der Waals surface area (Å²) in [5.41, 5.74) is 3.60. The lowest BCUT2D eigenvalue weighted by Gasteiger charge is -2.19. The van der Waals surface area contributed by atoms with Crippen LogP contribution in [-0.4, -0.2) is 46.3 Å². The lowest BCUT2D eigenvalue weighted by molar-refractivity contribution is -0.148. The van der Waals surface area contributed by atoms with Crippen molar-refractivity contribution in [3.8, 4) is 5.69 Å². The standard InChI is InChI=1S/C22H27N3O3/c1-17-20(18(2)25(23-17)19-10-6-5-7-11-19)12-13-22(27)28-16-21(26)24-14-8-3-4-9-15-24/h5-7,10-13H,3-4,8-9,14-16H2,1-2H3/b13-12+. The van der Waals surface area contributed by atoms with E-state index < -0.39 is 5.97 Å². The Hall–Kier alpha value is -2.89. The number of rotatable bonds is 5. The maximum Gasteiger partial charge on any atom is 0.331 e. The number of nitrogens with zero attached hydrogens (tertiary/aromatic N) is 3. The molecule has 6 heteroatoms. The quantitative estimate of drug-likeness (QED) is 0.588. The first-order valence-corrected chi connectivity index (χ1v) is 9.80.